The fourth-order valence-corrected chi connectivity index (χ4v) is 2.82. The van der Waals surface area contributed by atoms with Gasteiger partial charge in [-0.1, -0.05) is 6.07 Å². The van der Waals surface area contributed by atoms with Gasteiger partial charge in [0.25, 0.3) is 0 Å². The summed E-state index contributed by atoms with van der Waals surface area (Å²) in [4.78, 5) is 13.8. The lowest BCUT2D eigenvalue weighted by molar-refractivity contribution is 0.0846. The molecule has 1 aliphatic rings. The Morgan fingerprint density at radius 1 is 1.42 bits per heavy atom. The number of carbonyl (C=O) groups is 1. The third kappa shape index (κ3) is 2.89. The van der Waals surface area contributed by atoms with Crippen LogP contribution < -0.4 is 10.6 Å². The van der Waals surface area contributed by atoms with Gasteiger partial charge in [-0.2, -0.15) is 0 Å². The van der Waals surface area contributed by atoms with E-state index in [1.807, 2.05) is 13.0 Å². The van der Waals surface area contributed by atoms with Crippen LogP contribution in [-0.2, 0) is 4.74 Å². The fourth-order valence-electron chi connectivity index (χ4n) is 2.82. The highest BCUT2D eigenvalue weighted by atomic mass is 16.5. The molecule has 1 aromatic carbocycles. The molecule has 1 amide bonds. The van der Waals surface area contributed by atoms with E-state index in [9.17, 15) is 4.79 Å². The average Bonchev–Trinajstić information content (AvgIpc) is 2.42. The fraction of sp³-hybridized carbons (Fsp3) is 0.533. The predicted molar refractivity (Wildman–Crippen MR) is 76.6 cm³/mol. The number of hydrogen-bond acceptors (Lipinski definition) is 3. The van der Waals surface area contributed by atoms with Crippen molar-refractivity contribution in [3.8, 4) is 0 Å². The van der Waals surface area contributed by atoms with Gasteiger partial charge in [-0.3, -0.25) is 4.79 Å². The first-order chi connectivity index (χ1) is 9.15. The maximum atomic E-state index is 11.4. The smallest absolute Gasteiger partial charge is 0.249 e. The number of rotatable bonds is 4. The van der Waals surface area contributed by atoms with Crippen LogP contribution in [0.5, 0.6) is 0 Å². The quantitative estimate of drug-likeness (QED) is 0.904. The van der Waals surface area contributed by atoms with Crippen molar-refractivity contribution in [2.75, 3.05) is 24.7 Å². The van der Waals surface area contributed by atoms with Crippen LogP contribution in [0.4, 0.5) is 5.69 Å². The summed E-state index contributed by atoms with van der Waals surface area (Å²) < 4.78 is 5.42. The summed E-state index contributed by atoms with van der Waals surface area (Å²) in [6.07, 6.45) is 2.07. The van der Waals surface area contributed by atoms with Gasteiger partial charge in [0.1, 0.15) is 0 Å². The highest BCUT2D eigenvalue weighted by Crippen LogP contribution is 2.27. The minimum absolute atomic E-state index is 0.359. The van der Waals surface area contributed by atoms with Crippen LogP contribution in [0, 0.1) is 6.92 Å². The summed E-state index contributed by atoms with van der Waals surface area (Å²) in [7, 11) is 0. The van der Waals surface area contributed by atoms with Crippen molar-refractivity contribution in [2.45, 2.75) is 32.7 Å². The van der Waals surface area contributed by atoms with Crippen molar-refractivity contribution in [3.63, 3.8) is 0 Å². The summed E-state index contributed by atoms with van der Waals surface area (Å²) >= 11 is 0. The van der Waals surface area contributed by atoms with E-state index in [4.69, 9.17) is 10.5 Å². The van der Waals surface area contributed by atoms with Crippen molar-refractivity contribution in [1.29, 1.82) is 0 Å². The van der Waals surface area contributed by atoms with Gasteiger partial charge in [-0.25, -0.2) is 0 Å². The van der Waals surface area contributed by atoms with E-state index in [0.29, 0.717) is 11.6 Å². The van der Waals surface area contributed by atoms with Gasteiger partial charge in [-0.15, -0.1) is 0 Å². The molecule has 0 unspecified atom stereocenters. The number of ether oxygens (including phenoxy) is 1. The molecule has 19 heavy (non-hydrogen) atoms. The number of carbonyl (C=O) groups excluding carboxylic acids is 1. The lowest BCUT2D eigenvalue weighted by Crippen LogP contribution is -2.40. The largest absolute Gasteiger partial charge is 0.381 e. The molecule has 2 rings (SSSR count). The van der Waals surface area contributed by atoms with Crippen LogP contribution in [0.15, 0.2) is 18.2 Å². The minimum Gasteiger partial charge on any atom is -0.381 e. The molecule has 0 saturated carbocycles. The third-order valence-corrected chi connectivity index (χ3v) is 3.85. The zero-order valence-corrected chi connectivity index (χ0v) is 11.7. The van der Waals surface area contributed by atoms with Crippen LogP contribution in [0.25, 0.3) is 0 Å². The molecule has 0 radical (unpaired) electrons. The van der Waals surface area contributed by atoms with Crippen molar-refractivity contribution < 1.29 is 9.53 Å². The summed E-state index contributed by atoms with van der Waals surface area (Å²) in [5, 5.41) is 0. The van der Waals surface area contributed by atoms with Gasteiger partial charge in [0.15, 0.2) is 0 Å². The molecule has 0 bridgehead atoms. The van der Waals surface area contributed by atoms with E-state index in [2.05, 4.69) is 17.9 Å². The van der Waals surface area contributed by atoms with E-state index < -0.39 is 0 Å². The molecule has 0 aromatic heterocycles. The summed E-state index contributed by atoms with van der Waals surface area (Å²) in [6.45, 7) is 6.67. The van der Waals surface area contributed by atoms with Gasteiger partial charge in [-0.05, 0) is 44.4 Å². The van der Waals surface area contributed by atoms with Crippen molar-refractivity contribution in [3.05, 3.63) is 29.3 Å². The van der Waals surface area contributed by atoms with Gasteiger partial charge in [0, 0.05) is 37.1 Å². The Morgan fingerprint density at radius 2 is 2.11 bits per heavy atom. The SMILES string of the molecule is CCN(c1cccc(C(N)=O)c1C)C1CCOCC1. The first-order valence-electron chi connectivity index (χ1n) is 6.89. The normalized spacial score (nSPS) is 16.3. The number of nitrogens with zero attached hydrogens (tertiary/aromatic N) is 1. The standard InChI is InChI=1S/C15H22N2O2/c1-3-17(12-7-9-19-10-8-12)14-6-4-5-13(11(14)2)15(16)18/h4-6,12H,3,7-10H2,1-2H3,(H2,16,18). The molecule has 0 spiro atoms. The molecule has 4 heteroatoms. The lowest BCUT2D eigenvalue weighted by Gasteiger charge is -2.36. The van der Waals surface area contributed by atoms with E-state index in [0.717, 1.165) is 43.9 Å². The molecule has 1 heterocycles. The van der Waals surface area contributed by atoms with E-state index in [1.165, 1.54) is 0 Å². The van der Waals surface area contributed by atoms with Crippen molar-refractivity contribution in [1.82, 2.24) is 0 Å². The van der Waals surface area contributed by atoms with Crippen LogP contribution in [0.3, 0.4) is 0 Å². The second-order valence-corrected chi connectivity index (χ2v) is 4.94. The molecule has 1 aromatic rings. The third-order valence-electron chi connectivity index (χ3n) is 3.85. The molecule has 2 N–H and O–H groups in total. The Kier molecular flexibility index (Phi) is 4.43. The summed E-state index contributed by atoms with van der Waals surface area (Å²) in [5.41, 5.74) is 8.13. The molecule has 104 valence electrons. The maximum absolute atomic E-state index is 11.4. The molecule has 1 fully saturated rings. The number of benzene rings is 1. The number of primary amides is 1. The molecule has 1 saturated heterocycles. The van der Waals surface area contributed by atoms with Crippen LogP contribution in [-0.4, -0.2) is 31.7 Å². The zero-order valence-electron chi connectivity index (χ0n) is 11.7. The first kappa shape index (κ1) is 13.9. The Hall–Kier alpha value is -1.55. The highest BCUT2D eigenvalue weighted by Gasteiger charge is 2.22. The van der Waals surface area contributed by atoms with Crippen LogP contribution >= 0.6 is 0 Å². The number of nitrogens with two attached hydrogens (primary N) is 1. The molecular formula is C15H22N2O2. The minimum atomic E-state index is -0.359. The van der Waals surface area contributed by atoms with E-state index >= 15 is 0 Å². The van der Waals surface area contributed by atoms with Crippen LogP contribution in [0.2, 0.25) is 0 Å². The van der Waals surface area contributed by atoms with Crippen molar-refractivity contribution in [2.24, 2.45) is 5.73 Å². The second kappa shape index (κ2) is 6.06. The topological polar surface area (TPSA) is 55.6 Å². The second-order valence-electron chi connectivity index (χ2n) is 4.94. The Morgan fingerprint density at radius 3 is 2.68 bits per heavy atom. The van der Waals surface area contributed by atoms with Gasteiger partial charge in [0.2, 0.25) is 5.91 Å². The van der Waals surface area contributed by atoms with Crippen molar-refractivity contribution >= 4 is 11.6 Å². The Bertz CT molecular complexity index is 453. The van der Waals surface area contributed by atoms with Crippen LogP contribution in [0.1, 0.15) is 35.7 Å². The van der Waals surface area contributed by atoms with Gasteiger partial charge < -0.3 is 15.4 Å². The average molecular weight is 262 g/mol. The maximum Gasteiger partial charge on any atom is 0.249 e. The monoisotopic (exact) mass is 262 g/mol. The number of anilines is 1. The summed E-state index contributed by atoms with van der Waals surface area (Å²) in [5.74, 6) is -0.359. The first-order valence-corrected chi connectivity index (χ1v) is 6.89. The highest BCUT2D eigenvalue weighted by molar-refractivity contribution is 5.95. The number of amides is 1. The molecular weight excluding hydrogens is 240 g/mol. The predicted octanol–water partition coefficient (Wildman–Crippen LogP) is 2.10. The summed E-state index contributed by atoms with van der Waals surface area (Å²) in [6, 6.07) is 6.25. The van der Waals surface area contributed by atoms with Gasteiger partial charge >= 0.3 is 0 Å². The molecule has 4 nitrogen and oxygen atoms in total. The zero-order chi connectivity index (χ0) is 13.8. The lowest BCUT2D eigenvalue weighted by atomic mass is 10.0. The molecule has 0 atom stereocenters. The number of hydrogen-bond donors (Lipinski definition) is 1. The molecule has 1 aliphatic heterocycles. The van der Waals surface area contributed by atoms with E-state index in [1.54, 1.807) is 6.07 Å². The Balaban J connectivity index is 2.32. The molecule has 0 aliphatic carbocycles. The van der Waals surface area contributed by atoms with E-state index in [-0.39, 0.29) is 5.91 Å². The van der Waals surface area contributed by atoms with Gasteiger partial charge in [0.05, 0.1) is 0 Å². The Labute approximate surface area is 114 Å².